The van der Waals surface area contributed by atoms with Gasteiger partial charge in [-0.1, -0.05) is 25.4 Å². The van der Waals surface area contributed by atoms with Crippen LogP contribution >= 0.6 is 11.6 Å². The molecular weight excluding hydrogens is 292 g/mol. The lowest BCUT2D eigenvalue weighted by Crippen LogP contribution is -2.44. The van der Waals surface area contributed by atoms with Crippen molar-refractivity contribution in [3.8, 4) is 0 Å². The first kappa shape index (κ1) is 17.4. The number of hydrogen-bond acceptors (Lipinski definition) is 3. The van der Waals surface area contributed by atoms with E-state index < -0.39 is 4.92 Å². The first-order valence-electron chi connectivity index (χ1n) is 7.10. The normalized spacial score (nSPS) is 13.6. The van der Waals surface area contributed by atoms with E-state index >= 15 is 0 Å². The molecule has 0 fully saturated rings. The summed E-state index contributed by atoms with van der Waals surface area (Å²) >= 11 is 6.06. The van der Waals surface area contributed by atoms with Crippen LogP contribution in [0.2, 0.25) is 5.02 Å². The second kappa shape index (κ2) is 7.41. The smallest absolute Gasteiger partial charge is 0.270 e. The maximum absolute atomic E-state index is 12.7. The summed E-state index contributed by atoms with van der Waals surface area (Å²) < 4.78 is 0. The van der Waals surface area contributed by atoms with E-state index in [2.05, 4.69) is 0 Å². The van der Waals surface area contributed by atoms with Gasteiger partial charge in [-0.25, -0.2) is 0 Å². The Balaban J connectivity index is 3.18. The Kier molecular flexibility index (Phi) is 6.15. The van der Waals surface area contributed by atoms with Crippen LogP contribution in [0.25, 0.3) is 0 Å². The average molecular weight is 313 g/mol. The molecule has 21 heavy (non-hydrogen) atoms. The number of rotatable bonds is 6. The molecule has 0 bridgehead atoms. The van der Waals surface area contributed by atoms with Crippen molar-refractivity contribution >= 4 is 23.2 Å². The Morgan fingerprint density at radius 2 is 1.81 bits per heavy atom. The number of nitrogens with zero attached hydrogens (tertiary/aromatic N) is 2. The van der Waals surface area contributed by atoms with Gasteiger partial charge in [-0.15, -0.1) is 0 Å². The van der Waals surface area contributed by atoms with Crippen LogP contribution in [-0.2, 0) is 0 Å². The molecule has 0 aliphatic rings. The third kappa shape index (κ3) is 3.94. The summed E-state index contributed by atoms with van der Waals surface area (Å²) in [5.41, 5.74) is 0.193. The Morgan fingerprint density at radius 3 is 2.19 bits per heavy atom. The largest absolute Gasteiger partial charge is 0.333 e. The van der Waals surface area contributed by atoms with E-state index in [4.69, 9.17) is 11.6 Å². The van der Waals surface area contributed by atoms with Crippen LogP contribution < -0.4 is 0 Å². The summed E-state index contributed by atoms with van der Waals surface area (Å²) in [5, 5.41) is 10.8. The summed E-state index contributed by atoms with van der Waals surface area (Å²) in [4.78, 5) is 24.7. The van der Waals surface area contributed by atoms with Gasteiger partial charge in [0.2, 0.25) is 0 Å². The van der Waals surface area contributed by atoms with Crippen LogP contribution in [0.4, 0.5) is 5.69 Å². The van der Waals surface area contributed by atoms with E-state index in [9.17, 15) is 14.9 Å². The van der Waals surface area contributed by atoms with Gasteiger partial charge < -0.3 is 4.90 Å². The van der Waals surface area contributed by atoms with E-state index in [0.717, 1.165) is 12.8 Å². The lowest BCUT2D eigenvalue weighted by Gasteiger charge is -2.34. The van der Waals surface area contributed by atoms with Crippen LogP contribution in [0.1, 0.15) is 50.9 Å². The number of carbonyl (C=O) groups is 1. The number of hydrogen-bond donors (Lipinski definition) is 0. The highest BCUT2D eigenvalue weighted by Gasteiger charge is 2.26. The highest BCUT2D eigenvalue weighted by atomic mass is 35.5. The number of halogens is 1. The van der Waals surface area contributed by atoms with E-state index in [0.29, 0.717) is 5.56 Å². The van der Waals surface area contributed by atoms with Gasteiger partial charge in [0.05, 0.1) is 15.5 Å². The van der Waals surface area contributed by atoms with Crippen molar-refractivity contribution in [3.05, 3.63) is 38.9 Å². The van der Waals surface area contributed by atoms with Gasteiger partial charge >= 0.3 is 0 Å². The predicted octanol–water partition coefficient (Wildman–Crippen LogP) is 4.29. The summed E-state index contributed by atoms with van der Waals surface area (Å²) in [6, 6.07) is 4.13. The number of nitro groups is 1. The van der Waals surface area contributed by atoms with E-state index in [1.807, 2.05) is 27.7 Å². The molecule has 0 saturated heterocycles. The lowest BCUT2D eigenvalue weighted by atomic mass is 10.1. The third-order valence-electron chi connectivity index (χ3n) is 3.76. The fourth-order valence-electron chi connectivity index (χ4n) is 2.16. The first-order chi connectivity index (χ1) is 9.83. The van der Waals surface area contributed by atoms with Gasteiger partial charge in [-0.05, 0) is 32.8 Å². The Hall–Kier alpha value is -1.62. The van der Waals surface area contributed by atoms with E-state index in [1.54, 1.807) is 4.90 Å². The minimum atomic E-state index is -0.527. The molecule has 1 aromatic carbocycles. The zero-order valence-electron chi connectivity index (χ0n) is 12.8. The van der Waals surface area contributed by atoms with Crippen molar-refractivity contribution in [2.45, 2.75) is 52.6 Å². The molecule has 116 valence electrons. The molecule has 0 unspecified atom stereocenters. The maximum Gasteiger partial charge on any atom is 0.270 e. The number of amides is 1. The van der Waals surface area contributed by atoms with Crippen molar-refractivity contribution in [3.63, 3.8) is 0 Å². The fourth-order valence-corrected chi connectivity index (χ4v) is 2.41. The highest BCUT2D eigenvalue weighted by Crippen LogP contribution is 2.26. The SMILES string of the molecule is CC[C@H](C)N(C(=O)c1ccc([N+](=O)[O-])cc1Cl)[C@@H](C)CC. The first-order valence-corrected chi connectivity index (χ1v) is 7.47. The summed E-state index contributed by atoms with van der Waals surface area (Å²) in [5.74, 6) is -0.182. The van der Waals surface area contributed by atoms with Gasteiger partial charge in [0.15, 0.2) is 0 Å². The van der Waals surface area contributed by atoms with Crippen LogP contribution in [0.3, 0.4) is 0 Å². The van der Waals surface area contributed by atoms with Crippen molar-refractivity contribution < 1.29 is 9.72 Å². The molecule has 6 heteroatoms. The van der Waals surface area contributed by atoms with Crippen molar-refractivity contribution in [1.29, 1.82) is 0 Å². The number of non-ortho nitro benzene ring substituents is 1. The maximum atomic E-state index is 12.7. The molecule has 0 aliphatic heterocycles. The van der Waals surface area contributed by atoms with Crippen molar-refractivity contribution in [2.75, 3.05) is 0 Å². The highest BCUT2D eigenvalue weighted by molar-refractivity contribution is 6.34. The second-order valence-electron chi connectivity index (χ2n) is 5.15. The van der Waals surface area contributed by atoms with Crippen LogP contribution in [0, 0.1) is 10.1 Å². The molecule has 0 spiro atoms. The number of nitro benzene ring substituents is 1. The Labute approximate surface area is 130 Å². The van der Waals surface area contributed by atoms with Gasteiger partial charge in [0.25, 0.3) is 11.6 Å². The fraction of sp³-hybridized carbons (Fsp3) is 0.533. The van der Waals surface area contributed by atoms with Gasteiger partial charge in [0.1, 0.15) is 0 Å². The molecule has 1 rings (SSSR count). The van der Waals surface area contributed by atoms with E-state index in [1.165, 1.54) is 18.2 Å². The second-order valence-corrected chi connectivity index (χ2v) is 5.56. The lowest BCUT2D eigenvalue weighted by molar-refractivity contribution is -0.384. The average Bonchev–Trinajstić information content (AvgIpc) is 2.46. The molecule has 2 atom stereocenters. The van der Waals surface area contributed by atoms with Crippen LogP contribution in [-0.4, -0.2) is 27.8 Å². The van der Waals surface area contributed by atoms with Gasteiger partial charge in [-0.2, -0.15) is 0 Å². The minimum Gasteiger partial charge on any atom is -0.333 e. The number of carbonyl (C=O) groups excluding carboxylic acids is 1. The van der Waals surface area contributed by atoms with Gasteiger partial charge in [0, 0.05) is 24.2 Å². The summed E-state index contributed by atoms with van der Waals surface area (Å²) in [6.45, 7) is 8.02. The molecule has 0 heterocycles. The Morgan fingerprint density at radius 1 is 1.29 bits per heavy atom. The van der Waals surface area contributed by atoms with E-state index in [-0.39, 0.29) is 28.7 Å². The topological polar surface area (TPSA) is 63.5 Å². The molecule has 0 aromatic heterocycles. The molecule has 0 radical (unpaired) electrons. The summed E-state index contributed by atoms with van der Waals surface area (Å²) in [6.07, 6.45) is 1.67. The zero-order valence-corrected chi connectivity index (χ0v) is 13.6. The third-order valence-corrected chi connectivity index (χ3v) is 4.07. The molecule has 0 aliphatic carbocycles. The van der Waals surface area contributed by atoms with Gasteiger partial charge in [-0.3, -0.25) is 14.9 Å². The molecule has 5 nitrogen and oxygen atoms in total. The Bertz CT molecular complexity index is 524. The number of benzene rings is 1. The molecule has 1 aromatic rings. The van der Waals surface area contributed by atoms with Crippen LogP contribution in [0.15, 0.2) is 18.2 Å². The van der Waals surface area contributed by atoms with Crippen molar-refractivity contribution in [1.82, 2.24) is 4.90 Å². The molecule has 1 amide bonds. The zero-order chi connectivity index (χ0) is 16.2. The van der Waals surface area contributed by atoms with Crippen molar-refractivity contribution in [2.24, 2.45) is 0 Å². The summed E-state index contributed by atoms with van der Waals surface area (Å²) in [7, 11) is 0. The monoisotopic (exact) mass is 312 g/mol. The quantitative estimate of drug-likeness (QED) is 0.581. The van der Waals surface area contributed by atoms with Crippen LogP contribution in [0.5, 0.6) is 0 Å². The molecular formula is C15H21ClN2O3. The molecule has 0 N–H and O–H groups in total. The standard InChI is InChI=1S/C15H21ClN2O3/c1-5-10(3)17(11(4)6-2)15(19)13-8-7-12(18(20)21)9-14(13)16/h7-11H,5-6H2,1-4H3/t10-,11-/m0/s1. The minimum absolute atomic E-state index is 0.0821. The predicted molar refractivity (Wildman–Crippen MR) is 83.8 cm³/mol. The molecule has 0 saturated carbocycles.